The maximum Gasteiger partial charge on any atom is 0.0746 e. The number of hydrogen-bond donors (Lipinski definition) is 2. The molecular formula is C13H22N2OS. The van der Waals surface area contributed by atoms with E-state index in [9.17, 15) is 5.11 Å². The Morgan fingerprint density at radius 3 is 2.88 bits per heavy atom. The number of β-amino-alcohol motifs (C(OH)–C–C–N with tert-alkyl or cyclic N) is 1. The van der Waals surface area contributed by atoms with Crippen molar-refractivity contribution in [3.8, 4) is 0 Å². The van der Waals surface area contributed by atoms with Crippen LogP contribution in [0.4, 0.5) is 0 Å². The van der Waals surface area contributed by atoms with Crippen LogP contribution in [-0.2, 0) is 0 Å². The SMILES string of the molecule is CC(N)C(c1cccs1)N1CCCC(C)(O)C1. The molecule has 0 saturated carbocycles. The fraction of sp³-hybridized carbons (Fsp3) is 0.692. The zero-order chi connectivity index (χ0) is 12.5. The number of likely N-dealkylation sites (tertiary alicyclic amines) is 1. The van der Waals surface area contributed by atoms with E-state index in [-0.39, 0.29) is 12.1 Å². The Kier molecular flexibility index (Phi) is 3.88. The van der Waals surface area contributed by atoms with Gasteiger partial charge < -0.3 is 10.8 Å². The smallest absolute Gasteiger partial charge is 0.0746 e. The van der Waals surface area contributed by atoms with E-state index in [4.69, 9.17) is 5.73 Å². The Bertz CT molecular complexity index is 348. The highest BCUT2D eigenvalue weighted by Crippen LogP contribution is 2.32. The summed E-state index contributed by atoms with van der Waals surface area (Å²) in [6, 6.07) is 4.53. The molecule has 17 heavy (non-hydrogen) atoms. The third kappa shape index (κ3) is 3.07. The average molecular weight is 254 g/mol. The summed E-state index contributed by atoms with van der Waals surface area (Å²) < 4.78 is 0. The normalized spacial score (nSPS) is 30.1. The van der Waals surface area contributed by atoms with Gasteiger partial charge in [-0.25, -0.2) is 0 Å². The van der Waals surface area contributed by atoms with Crippen molar-refractivity contribution in [3.63, 3.8) is 0 Å². The molecular weight excluding hydrogens is 232 g/mol. The molecule has 0 aliphatic carbocycles. The van der Waals surface area contributed by atoms with E-state index in [1.54, 1.807) is 11.3 Å². The van der Waals surface area contributed by atoms with Gasteiger partial charge in [-0.2, -0.15) is 0 Å². The van der Waals surface area contributed by atoms with Crippen LogP contribution >= 0.6 is 11.3 Å². The van der Waals surface area contributed by atoms with Crippen molar-refractivity contribution in [3.05, 3.63) is 22.4 Å². The van der Waals surface area contributed by atoms with Crippen LogP contribution in [0, 0.1) is 0 Å². The molecule has 2 rings (SSSR count). The first-order valence-corrected chi connectivity index (χ1v) is 7.13. The predicted molar refractivity (Wildman–Crippen MR) is 72.1 cm³/mol. The zero-order valence-corrected chi connectivity index (χ0v) is 11.4. The second-order valence-corrected chi connectivity index (χ2v) is 6.37. The summed E-state index contributed by atoms with van der Waals surface area (Å²) in [5.41, 5.74) is 5.56. The lowest BCUT2D eigenvalue weighted by Gasteiger charge is -2.42. The number of rotatable bonds is 3. The second-order valence-electron chi connectivity index (χ2n) is 5.39. The fourth-order valence-electron chi connectivity index (χ4n) is 2.73. The van der Waals surface area contributed by atoms with Gasteiger partial charge in [0, 0.05) is 17.5 Å². The number of aliphatic hydroxyl groups is 1. The van der Waals surface area contributed by atoms with Crippen LogP contribution < -0.4 is 5.73 Å². The summed E-state index contributed by atoms with van der Waals surface area (Å²) in [5, 5.41) is 12.3. The summed E-state index contributed by atoms with van der Waals surface area (Å²) in [6.45, 7) is 5.72. The van der Waals surface area contributed by atoms with Crippen molar-refractivity contribution in [1.82, 2.24) is 4.90 Å². The number of nitrogens with two attached hydrogens (primary N) is 1. The summed E-state index contributed by atoms with van der Waals surface area (Å²) >= 11 is 1.75. The summed E-state index contributed by atoms with van der Waals surface area (Å²) in [7, 11) is 0. The van der Waals surface area contributed by atoms with Gasteiger partial charge in [-0.1, -0.05) is 6.07 Å². The van der Waals surface area contributed by atoms with Crippen LogP contribution in [0.5, 0.6) is 0 Å². The van der Waals surface area contributed by atoms with E-state index in [0.717, 1.165) is 25.9 Å². The molecule has 3 nitrogen and oxygen atoms in total. The molecule has 96 valence electrons. The molecule has 4 heteroatoms. The van der Waals surface area contributed by atoms with Crippen LogP contribution in [-0.4, -0.2) is 34.7 Å². The highest BCUT2D eigenvalue weighted by Gasteiger charge is 2.34. The monoisotopic (exact) mass is 254 g/mol. The second kappa shape index (κ2) is 5.06. The molecule has 0 aromatic carbocycles. The number of piperidine rings is 1. The summed E-state index contributed by atoms with van der Waals surface area (Å²) in [4.78, 5) is 3.64. The van der Waals surface area contributed by atoms with Crippen molar-refractivity contribution in [1.29, 1.82) is 0 Å². The highest BCUT2D eigenvalue weighted by atomic mass is 32.1. The maximum absolute atomic E-state index is 10.2. The van der Waals surface area contributed by atoms with Crippen molar-refractivity contribution in [2.75, 3.05) is 13.1 Å². The minimum Gasteiger partial charge on any atom is -0.389 e. The largest absolute Gasteiger partial charge is 0.389 e. The Morgan fingerprint density at radius 2 is 2.35 bits per heavy atom. The first kappa shape index (κ1) is 13.0. The third-order valence-corrected chi connectivity index (χ3v) is 4.37. The molecule has 0 amide bonds. The van der Waals surface area contributed by atoms with E-state index in [2.05, 4.69) is 22.4 Å². The number of nitrogens with zero attached hydrogens (tertiary/aromatic N) is 1. The molecule has 0 bridgehead atoms. The highest BCUT2D eigenvalue weighted by molar-refractivity contribution is 7.10. The number of hydrogen-bond acceptors (Lipinski definition) is 4. The Hall–Kier alpha value is -0.420. The molecule has 1 saturated heterocycles. The predicted octanol–water partition coefficient (Wildman–Crippen LogP) is 1.98. The van der Waals surface area contributed by atoms with Gasteiger partial charge in [0.25, 0.3) is 0 Å². The molecule has 1 aromatic heterocycles. The van der Waals surface area contributed by atoms with Gasteiger partial charge in [0.05, 0.1) is 11.6 Å². The third-order valence-electron chi connectivity index (χ3n) is 3.43. The molecule has 1 aromatic rings. The maximum atomic E-state index is 10.2. The van der Waals surface area contributed by atoms with Crippen LogP contribution in [0.1, 0.15) is 37.6 Å². The van der Waals surface area contributed by atoms with Crippen molar-refractivity contribution in [2.24, 2.45) is 5.73 Å². The molecule has 3 N–H and O–H groups in total. The van der Waals surface area contributed by atoms with Crippen LogP contribution in [0.3, 0.4) is 0 Å². The van der Waals surface area contributed by atoms with E-state index >= 15 is 0 Å². The van der Waals surface area contributed by atoms with Gasteiger partial charge in [-0.3, -0.25) is 4.90 Å². The summed E-state index contributed by atoms with van der Waals surface area (Å²) in [6.07, 6.45) is 1.93. The van der Waals surface area contributed by atoms with Gasteiger partial charge in [0.2, 0.25) is 0 Å². The Morgan fingerprint density at radius 1 is 1.59 bits per heavy atom. The minimum absolute atomic E-state index is 0.0857. The van der Waals surface area contributed by atoms with Crippen molar-refractivity contribution >= 4 is 11.3 Å². The van der Waals surface area contributed by atoms with Gasteiger partial charge >= 0.3 is 0 Å². The Labute approximate surface area is 107 Å². The number of thiophene rings is 1. The first-order chi connectivity index (χ1) is 7.99. The lowest BCUT2D eigenvalue weighted by Crippen LogP contribution is -2.50. The lowest BCUT2D eigenvalue weighted by molar-refractivity contribution is -0.0328. The zero-order valence-electron chi connectivity index (χ0n) is 10.6. The summed E-state index contributed by atoms with van der Waals surface area (Å²) in [5.74, 6) is 0. The quantitative estimate of drug-likeness (QED) is 0.867. The average Bonchev–Trinajstić information content (AvgIpc) is 2.69. The van der Waals surface area contributed by atoms with E-state index in [0.29, 0.717) is 0 Å². The van der Waals surface area contributed by atoms with E-state index < -0.39 is 5.60 Å². The fourth-order valence-corrected chi connectivity index (χ4v) is 3.70. The Balaban J connectivity index is 2.17. The van der Waals surface area contributed by atoms with E-state index in [1.807, 2.05) is 13.8 Å². The molecule has 0 radical (unpaired) electrons. The van der Waals surface area contributed by atoms with Crippen molar-refractivity contribution < 1.29 is 5.11 Å². The standard InChI is InChI=1S/C13H22N2OS/c1-10(14)12(11-5-3-8-17-11)15-7-4-6-13(2,16)9-15/h3,5,8,10,12,16H,4,6-7,9,14H2,1-2H3. The van der Waals surface area contributed by atoms with Crippen LogP contribution in [0.15, 0.2) is 17.5 Å². The van der Waals surface area contributed by atoms with Gasteiger partial charge in [0.15, 0.2) is 0 Å². The van der Waals surface area contributed by atoms with Gasteiger partial charge in [0.1, 0.15) is 0 Å². The van der Waals surface area contributed by atoms with E-state index in [1.165, 1.54) is 4.88 Å². The van der Waals surface area contributed by atoms with Gasteiger partial charge in [-0.05, 0) is 44.7 Å². The molecule has 1 fully saturated rings. The topological polar surface area (TPSA) is 49.5 Å². The molecule has 1 aliphatic heterocycles. The lowest BCUT2D eigenvalue weighted by atomic mass is 9.92. The van der Waals surface area contributed by atoms with Gasteiger partial charge in [-0.15, -0.1) is 11.3 Å². The first-order valence-electron chi connectivity index (χ1n) is 6.25. The van der Waals surface area contributed by atoms with Crippen LogP contribution in [0.25, 0.3) is 0 Å². The molecule has 2 heterocycles. The minimum atomic E-state index is -0.567. The molecule has 3 unspecified atom stereocenters. The van der Waals surface area contributed by atoms with Crippen molar-refractivity contribution in [2.45, 2.75) is 44.4 Å². The molecule has 0 spiro atoms. The van der Waals surface area contributed by atoms with Crippen LogP contribution in [0.2, 0.25) is 0 Å². The molecule has 1 aliphatic rings. The molecule has 3 atom stereocenters.